The van der Waals surface area contributed by atoms with Crippen LogP contribution in [0.5, 0.6) is 5.75 Å². The number of anilines is 1. The molecule has 3 fully saturated rings. The summed E-state index contributed by atoms with van der Waals surface area (Å²) < 4.78 is 19.2. The fourth-order valence-corrected chi connectivity index (χ4v) is 5.91. The Kier molecular flexibility index (Phi) is 6.19. The lowest BCUT2D eigenvalue weighted by Crippen LogP contribution is -2.56. The summed E-state index contributed by atoms with van der Waals surface area (Å²) in [6, 6.07) is 12.3. The molecule has 3 aliphatic heterocycles. The van der Waals surface area contributed by atoms with Crippen LogP contribution < -0.4 is 15.0 Å². The summed E-state index contributed by atoms with van der Waals surface area (Å²) in [5, 5.41) is 3.22. The van der Waals surface area contributed by atoms with Crippen molar-refractivity contribution in [3.8, 4) is 5.75 Å². The first-order valence-corrected chi connectivity index (χ1v) is 12.3. The van der Waals surface area contributed by atoms with Crippen molar-refractivity contribution < 1.29 is 18.7 Å². The number of carbonyl (C=O) groups excluding carboxylic acids is 2. The third kappa shape index (κ3) is 4.24. The van der Waals surface area contributed by atoms with Crippen molar-refractivity contribution in [2.45, 2.75) is 50.0 Å². The van der Waals surface area contributed by atoms with Gasteiger partial charge < -0.3 is 19.9 Å². The second-order valence-corrected chi connectivity index (χ2v) is 9.78. The molecular weight excluding hydrogens is 433 g/mol. The lowest BCUT2D eigenvalue weighted by molar-refractivity contribution is -0.125. The first-order chi connectivity index (χ1) is 16.5. The largest absolute Gasteiger partial charge is 0.496 e. The molecule has 34 heavy (non-hydrogen) atoms. The zero-order chi connectivity index (χ0) is 23.7. The first-order valence-electron chi connectivity index (χ1n) is 12.3. The maximum atomic E-state index is 13.9. The van der Waals surface area contributed by atoms with Crippen LogP contribution >= 0.6 is 0 Å². The Morgan fingerprint density at radius 2 is 1.85 bits per heavy atom. The molecule has 3 heterocycles. The zero-order valence-electron chi connectivity index (χ0n) is 19.7. The summed E-state index contributed by atoms with van der Waals surface area (Å²) in [4.78, 5) is 30.4. The molecule has 2 aromatic rings. The normalized spacial score (nSPS) is 24.9. The van der Waals surface area contributed by atoms with E-state index >= 15 is 0 Å². The highest BCUT2D eigenvalue weighted by Gasteiger charge is 2.50. The highest BCUT2D eigenvalue weighted by Crippen LogP contribution is 2.42. The van der Waals surface area contributed by atoms with E-state index in [0.29, 0.717) is 30.8 Å². The number of hydrogen-bond acceptors (Lipinski definition) is 4. The van der Waals surface area contributed by atoms with Crippen molar-refractivity contribution in [1.82, 2.24) is 10.2 Å². The van der Waals surface area contributed by atoms with Crippen LogP contribution in [-0.4, -0.2) is 55.5 Å². The van der Waals surface area contributed by atoms with E-state index in [1.807, 2.05) is 23.1 Å². The molecule has 7 heteroatoms. The Morgan fingerprint density at radius 1 is 1.09 bits per heavy atom. The second-order valence-electron chi connectivity index (χ2n) is 9.78. The summed E-state index contributed by atoms with van der Waals surface area (Å²) in [7, 11) is 1.58. The average Bonchev–Trinajstić information content (AvgIpc) is 3.22. The standard InChI is InChI=1S/C27H32FN3O3/c1-34-24-12-11-21(30-14-3-2-4-15-30)16-22(24)26(33)31-17-23(19-7-9-20(28)10-8-19)27(18-31)13-5-6-25(32)29-27/h7-12,16,23H,2-6,13-15,17-18H2,1H3,(H,29,32)/t23-,27+/m0/s1. The minimum absolute atomic E-state index is 0.0114. The number of halogens is 1. The van der Waals surface area contributed by atoms with E-state index in [2.05, 4.69) is 10.2 Å². The lowest BCUT2D eigenvalue weighted by atomic mass is 9.76. The number of nitrogens with one attached hydrogen (secondary N) is 1. The van der Waals surface area contributed by atoms with Gasteiger partial charge >= 0.3 is 0 Å². The van der Waals surface area contributed by atoms with Gasteiger partial charge in [-0.3, -0.25) is 9.59 Å². The van der Waals surface area contributed by atoms with E-state index in [1.165, 1.54) is 18.6 Å². The molecule has 2 amide bonds. The molecule has 3 saturated heterocycles. The molecular formula is C27H32FN3O3. The highest BCUT2D eigenvalue weighted by molar-refractivity contribution is 5.98. The minimum Gasteiger partial charge on any atom is -0.496 e. The van der Waals surface area contributed by atoms with Gasteiger partial charge in [-0.2, -0.15) is 0 Å². The van der Waals surface area contributed by atoms with Crippen LogP contribution in [0.3, 0.4) is 0 Å². The number of ether oxygens (including phenoxy) is 1. The van der Waals surface area contributed by atoms with Gasteiger partial charge in [-0.25, -0.2) is 4.39 Å². The van der Waals surface area contributed by atoms with Crippen LogP contribution in [0.25, 0.3) is 0 Å². The Labute approximate surface area is 200 Å². The Hall–Kier alpha value is -3.09. The number of benzene rings is 2. The van der Waals surface area contributed by atoms with Gasteiger partial charge in [0, 0.05) is 44.2 Å². The van der Waals surface area contributed by atoms with Gasteiger partial charge in [-0.1, -0.05) is 12.1 Å². The zero-order valence-corrected chi connectivity index (χ0v) is 19.7. The molecule has 5 rings (SSSR count). The summed E-state index contributed by atoms with van der Waals surface area (Å²) in [6.07, 6.45) is 5.61. The van der Waals surface area contributed by atoms with Crippen molar-refractivity contribution in [2.24, 2.45) is 0 Å². The first kappa shape index (κ1) is 22.7. The summed E-state index contributed by atoms with van der Waals surface area (Å²) in [5.74, 6) is 0.0721. The van der Waals surface area contributed by atoms with E-state index in [4.69, 9.17) is 4.74 Å². The maximum absolute atomic E-state index is 13.9. The molecule has 0 aromatic heterocycles. The van der Waals surface area contributed by atoms with Gasteiger partial charge in [-0.05, 0) is 68.0 Å². The quantitative estimate of drug-likeness (QED) is 0.739. The van der Waals surface area contributed by atoms with Gasteiger partial charge in [-0.15, -0.1) is 0 Å². The smallest absolute Gasteiger partial charge is 0.257 e. The van der Waals surface area contributed by atoms with Crippen LogP contribution in [0, 0.1) is 5.82 Å². The van der Waals surface area contributed by atoms with E-state index in [0.717, 1.165) is 50.0 Å². The molecule has 0 bridgehead atoms. The molecule has 1 spiro atoms. The van der Waals surface area contributed by atoms with Crippen LogP contribution in [0.15, 0.2) is 42.5 Å². The molecule has 0 aliphatic carbocycles. The molecule has 1 N–H and O–H groups in total. The molecule has 180 valence electrons. The van der Waals surface area contributed by atoms with Gasteiger partial charge in [0.2, 0.25) is 5.91 Å². The number of hydrogen-bond donors (Lipinski definition) is 1. The Morgan fingerprint density at radius 3 is 2.56 bits per heavy atom. The number of nitrogens with zero attached hydrogens (tertiary/aromatic N) is 2. The van der Waals surface area contributed by atoms with Gasteiger partial charge in [0.15, 0.2) is 0 Å². The Balaban J connectivity index is 1.47. The molecule has 0 radical (unpaired) electrons. The summed E-state index contributed by atoms with van der Waals surface area (Å²) >= 11 is 0. The number of amides is 2. The van der Waals surface area contributed by atoms with Crippen molar-refractivity contribution in [1.29, 1.82) is 0 Å². The van der Waals surface area contributed by atoms with Crippen molar-refractivity contribution in [2.75, 3.05) is 38.2 Å². The number of carbonyl (C=O) groups is 2. The lowest BCUT2D eigenvalue weighted by Gasteiger charge is -2.39. The number of likely N-dealkylation sites (tertiary alicyclic amines) is 1. The Bertz CT molecular complexity index is 1070. The SMILES string of the molecule is COc1ccc(N2CCCCC2)cc1C(=O)N1C[C@@H](c2ccc(F)cc2)[C@@]2(CCCC(=O)N2)C1. The molecule has 0 saturated carbocycles. The van der Waals surface area contributed by atoms with E-state index in [1.54, 1.807) is 19.2 Å². The highest BCUT2D eigenvalue weighted by atomic mass is 19.1. The third-order valence-electron chi connectivity index (χ3n) is 7.65. The van der Waals surface area contributed by atoms with E-state index in [9.17, 15) is 14.0 Å². The number of methoxy groups -OCH3 is 1. The predicted octanol–water partition coefficient (Wildman–Crippen LogP) is 4.10. The van der Waals surface area contributed by atoms with Crippen LogP contribution in [0.2, 0.25) is 0 Å². The van der Waals surface area contributed by atoms with E-state index < -0.39 is 5.54 Å². The number of piperidine rings is 2. The van der Waals surface area contributed by atoms with Crippen molar-refractivity contribution in [3.63, 3.8) is 0 Å². The van der Waals surface area contributed by atoms with Crippen molar-refractivity contribution >= 4 is 17.5 Å². The fourth-order valence-electron chi connectivity index (χ4n) is 5.91. The van der Waals surface area contributed by atoms with Gasteiger partial charge in [0.1, 0.15) is 11.6 Å². The van der Waals surface area contributed by atoms with E-state index in [-0.39, 0.29) is 23.5 Å². The minimum atomic E-state index is -0.541. The van der Waals surface area contributed by atoms with Crippen LogP contribution in [0.4, 0.5) is 10.1 Å². The molecule has 3 aliphatic rings. The van der Waals surface area contributed by atoms with Crippen molar-refractivity contribution in [3.05, 3.63) is 59.4 Å². The predicted molar refractivity (Wildman–Crippen MR) is 129 cm³/mol. The van der Waals surface area contributed by atoms with Crippen LogP contribution in [-0.2, 0) is 4.79 Å². The fraction of sp³-hybridized carbons (Fsp3) is 0.481. The molecule has 2 atom stereocenters. The van der Waals surface area contributed by atoms with Crippen LogP contribution in [0.1, 0.15) is 60.4 Å². The topological polar surface area (TPSA) is 61.9 Å². The number of rotatable bonds is 4. The molecule has 0 unspecified atom stereocenters. The van der Waals surface area contributed by atoms with Gasteiger partial charge in [0.25, 0.3) is 5.91 Å². The summed E-state index contributed by atoms with van der Waals surface area (Å²) in [6.45, 7) is 2.87. The van der Waals surface area contributed by atoms with Gasteiger partial charge in [0.05, 0.1) is 18.2 Å². The average molecular weight is 466 g/mol. The second kappa shape index (κ2) is 9.28. The maximum Gasteiger partial charge on any atom is 0.257 e. The monoisotopic (exact) mass is 465 g/mol. The third-order valence-corrected chi connectivity index (χ3v) is 7.65. The molecule has 2 aromatic carbocycles. The molecule has 6 nitrogen and oxygen atoms in total. The summed E-state index contributed by atoms with van der Waals surface area (Å²) in [5.41, 5.74) is 1.98.